The van der Waals surface area contributed by atoms with Crippen LogP contribution < -0.4 is 4.74 Å². The molecular formula is C18H19N5O. The molecule has 0 N–H and O–H groups in total. The van der Waals surface area contributed by atoms with Gasteiger partial charge in [0.25, 0.3) is 0 Å². The fourth-order valence-corrected chi connectivity index (χ4v) is 3.14. The summed E-state index contributed by atoms with van der Waals surface area (Å²) in [6.07, 6.45) is 9.76. The summed E-state index contributed by atoms with van der Waals surface area (Å²) in [5.41, 5.74) is 1.85. The summed E-state index contributed by atoms with van der Waals surface area (Å²) in [6.45, 7) is 1.42. The smallest absolute Gasteiger partial charge is 0.137 e. The highest BCUT2D eigenvalue weighted by atomic mass is 16.5. The van der Waals surface area contributed by atoms with Crippen LogP contribution in [0, 0.1) is 11.3 Å². The van der Waals surface area contributed by atoms with E-state index in [-0.39, 0.29) is 0 Å². The first kappa shape index (κ1) is 14.8. The van der Waals surface area contributed by atoms with Crippen molar-refractivity contribution in [1.29, 1.82) is 5.26 Å². The van der Waals surface area contributed by atoms with Gasteiger partial charge in [0.2, 0.25) is 0 Å². The Bertz CT molecular complexity index is 871. The second-order valence-electron chi connectivity index (χ2n) is 6.19. The number of rotatable bonds is 6. The Hall–Kier alpha value is -2.81. The molecule has 0 aliphatic heterocycles. The maximum Gasteiger partial charge on any atom is 0.137 e. The highest BCUT2D eigenvalue weighted by molar-refractivity contribution is 5.87. The molecule has 1 saturated carbocycles. The van der Waals surface area contributed by atoms with Crippen molar-refractivity contribution < 1.29 is 4.74 Å². The van der Waals surface area contributed by atoms with Gasteiger partial charge in [-0.05, 0) is 31.4 Å². The molecular weight excluding hydrogens is 302 g/mol. The maximum absolute atomic E-state index is 9.35. The summed E-state index contributed by atoms with van der Waals surface area (Å²) in [7, 11) is 0. The number of ether oxygens (including phenoxy) is 1. The zero-order valence-electron chi connectivity index (χ0n) is 13.4. The lowest BCUT2D eigenvalue weighted by molar-refractivity contribution is 0.298. The van der Waals surface area contributed by atoms with Gasteiger partial charge in [-0.15, -0.1) is 0 Å². The monoisotopic (exact) mass is 321 g/mol. The Balaban J connectivity index is 1.48. The van der Waals surface area contributed by atoms with E-state index in [1.807, 2.05) is 18.3 Å². The van der Waals surface area contributed by atoms with Gasteiger partial charge in [-0.3, -0.25) is 4.68 Å². The van der Waals surface area contributed by atoms with E-state index >= 15 is 0 Å². The van der Waals surface area contributed by atoms with Crippen LogP contribution in [-0.4, -0.2) is 25.9 Å². The third-order valence-electron chi connectivity index (χ3n) is 4.66. The number of hydrogen-bond donors (Lipinski definition) is 0. The average molecular weight is 321 g/mol. The molecule has 6 nitrogen and oxygen atoms in total. The lowest BCUT2D eigenvalue weighted by atomic mass is 9.93. The molecule has 2 heterocycles. The van der Waals surface area contributed by atoms with Crippen molar-refractivity contribution >= 4 is 10.9 Å². The van der Waals surface area contributed by atoms with Crippen LogP contribution in [0.4, 0.5) is 0 Å². The lowest BCUT2D eigenvalue weighted by Gasteiger charge is -2.28. The van der Waals surface area contributed by atoms with Gasteiger partial charge in [-0.1, -0.05) is 0 Å². The largest absolute Gasteiger partial charge is 0.493 e. The number of aromatic nitrogens is 4. The van der Waals surface area contributed by atoms with Gasteiger partial charge in [-0.25, -0.2) is 4.98 Å². The highest BCUT2D eigenvalue weighted by Crippen LogP contribution is 2.37. The number of benzene rings is 1. The Kier molecular flexibility index (Phi) is 3.91. The van der Waals surface area contributed by atoms with Crippen LogP contribution in [0.5, 0.6) is 5.75 Å². The van der Waals surface area contributed by atoms with Crippen LogP contribution in [0.3, 0.4) is 0 Å². The molecule has 2 aromatic heterocycles. The predicted octanol–water partition coefficient (Wildman–Crippen LogP) is 3.30. The number of aryl methyl sites for hydroxylation is 1. The molecule has 3 aromatic rings. The topological polar surface area (TPSA) is 68.7 Å². The van der Waals surface area contributed by atoms with E-state index in [9.17, 15) is 5.26 Å². The Morgan fingerprint density at radius 2 is 2.25 bits per heavy atom. The van der Waals surface area contributed by atoms with Crippen LogP contribution in [0.2, 0.25) is 0 Å². The maximum atomic E-state index is 9.35. The SMILES string of the molecule is N#Cc1cn(C2CCC2)c2cc(OCCCn3cncn3)ccc12. The Morgan fingerprint density at radius 3 is 2.96 bits per heavy atom. The summed E-state index contributed by atoms with van der Waals surface area (Å²) < 4.78 is 9.93. The minimum Gasteiger partial charge on any atom is -0.493 e. The number of nitriles is 1. The molecule has 1 fully saturated rings. The first-order valence-corrected chi connectivity index (χ1v) is 8.35. The van der Waals surface area contributed by atoms with Crippen molar-refractivity contribution in [1.82, 2.24) is 19.3 Å². The van der Waals surface area contributed by atoms with Gasteiger partial charge >= 0.3 is 0 Å². The molecule has 6 heteroatoms. The van der Waals surface area contributed by atoms with E-state index in [4.69, 9.17) is 4.74 Å². The van der Waals surface area contributed by atoms with Crippen LogP contribution in [-0.2, 0) is 6.54 Å². The van der Waals surface area contributed by atoms with Crippen LogP contribution in [0.25, 0.3) is 10.9 Å². The van der Waals surface area contributed by atoms with E-state index in [1.54, 1.807) is 11.0 Å². The summed E-state index contributed by atoms with van der Waals surface area (Å²) >= 11 is 0. The molecule has 1 aliphatic carbocycles. The average Bonchev–Trinajstić information content (AvgIpc) is 3.18. The van der Waals surface area contributed by atoms with Crippen molar-refractivity contribution in [3.8, 4) is 11.8 Å². The summed E-state index contributed by atoms with van der Waals surface area (Å²) in [4.78, 5) is 3.93. The van der Waals surface area contributed by atoms with E-state index in [0.29, 0.717) is 12.6 Å². The molecule has 1 aromatic carbocycles. The third kappa shape index (κ3) is 2.73. The van der Waals surface area contributed by atoms with E-state index in [1.165, 1.54) is 25.6 Å². The highest BCUT2D eigenvalue weighted by Gasteiger charge is 2.22. The van der Waals surface area contributed by atoms with Gasteiger partial charge in [0, 0.05) is 36.7 Å². The number of fused-ring (bicyclic) bond motifs is 1. The molecule has 4 rings (SSSR count). The Morgan fingerprint density at radius 1 is 1.33 bits per heavy atom. The Labute approximate surface area is 140 Å². The van der Waals surface area contributed by atoms with Crippen LogP contribution in [0.15, 0.2) is 37.1 Å². The normalized spacial score (nSPS) is 14.5. The molecule has 122 valence electrons. The van der Waals surface area contributed by atoms with Gasteiger partial charge in [0.15, 0.2) is 0 Å². The molecule has 0 bridgehead atoms. The zero-order valence-corrected chi connectivity index (χ0v) is 13.4. The van der Waals surface area contributed by atoms with Crippen LogP contribution in [0.1, 0.15) is 37.3 Å². The molecule has 0 saturated heterocycles. The number of hydrogen-bond acceptors (Lipinski definition) is 4. The quantitative estimate of drug-likeness (QED) is 0.653. The summed E-state index contributed by atoms with van der Waals surface area (Å²) in [5.74, 6) is 0.851. The van der Waals surface area contributed by atoms with Crippen molar-refractivity contribution in [2.45, 2.75) is 38.3 Å². The second-order valence-corrected chi connectivity index (χ2v) is 6.19. The van der Waals surface area contributed by atoms with E-state index in [2.05, 4.69) is 26.8 Å². The second kappa shape index (κ2) is 6.36. The summed E-state index contributed by atoms with van der Waals surface area (Å²) in [6, 6.07) is 8.83. The molecule has 0 atom stereocenters. The van der Waals surface area contributed by atoms with Crippen molar-refractivity contribution in [3.63, 3.8) is 0 Å². The first-order valence-electron chi connectivity index (χ1n) is 8.35. The van der Waals surface area contributed by atoms with E-state index in [0.717, 1.165) is 35.2 Å². The molecule has 1 aliphatic rings. The van der Waals surface area contributed by atoms with Crippen LogP contribution >= 0.6 is 0 Å². The molecule has 0 unspecified atom stereocenters. The van der Waals surface area contributed by atoms with Crippen molar-refractivity contribution in [2.24, 2.45) is 0 Å². The fraction of sp³-hybridized carbons (Fsp3) is 0.389. The minimum atomic E-state index is 0.525. The summed E-state index contributed by atoms with van der Waals surface area (Å²) in [5, 5.41) is 14.4. The lowest BCUT2D eigenvalue weighted by Crippen LogP contribution is -2.15. The van der Waals surface area contributed by atoms with Gasteiger partial charge < -0.3 is 9.30 Å². The van der Waals surface area contributed by atoms with Gasteiger partial charge in [0.05, 0.1) is 17.7 Å². The van der Waals surface area contributed by atoms with Crippen molar-refractivity contribution in [2.75, 3.05) is 6.61 Å². The standard InChI is InChI=1S/C18H19N5O/c19-10-14-11-23(15-3-1-4-15)18-9-16(5-6-17(14)18)24-8-2-7-22-13-20-12-21-22/h5-6,9,11-13,15H,1-4,7-8H2. The van der Waals surface area contributed by atoms with Crippen molar-refractivity contribution in [3.05, 3.63) is 42.6 Å². The molecule has 24 heavy (non-hydrogen) atoms. The molecule has 0 amide bonds. The predicted molar refractivity (Wildman–Crippen MR) is 89.7 cm³/mol. The number of nitrogens with zero attached hydrogens (tertiary/aromatic N) is 5. The third-order valence-corrected chi connectivity index (χ3v) is 4.66. The van der Waals surface area contributed by atoms with Gasteiger partial charge in [-0.2, -0.15) is 10.4 Å². The molecule has 0 radical (unpaired) electrons. The minimum absolute atomic E-state index is 0.525. The molecule has 0 spiro atoms. The van der Waals surface area contributed by atoms with Gasteiger partial charge in [0.1, 0.15) is 24.5 Å². The fourth-order valence-electron chi connectivity index (χ4n) is 3.14. The first-order chi connectivity index (χ1) is 11.8. The van der Waals surface area contributed by atoms with E-state index < -0.39 is 0 Å². The zero-order chi connectivity index (χ0) is 16.4.